The molecule has 2 atom stereocenters. The summed E-state index contributed by atoms with van der Waals surface area (Å²) in [5.74, 6) is 0.879. The Labute approximate surface area is 115 Å². The Balaban J connectivity index is 3.95. The SMILES string of the molecule is C=CCCCCCC(NCC)C(CC)CCCC. The van der Waals surface area contributed by atoms with Crippen LogP contribution in [0, 0.1) is 5.92 Å². The zero-order valence-electron chi connectivity index (χ0n) is 13.0. The van der Waals surface area contributed by atoms with Gasteiger partial charge in [0.2, 0.25) is 0 Å². The van der Waals surface area contributed by atoms with Gasteiger partial charge in [-0.1, -0.05) is 59.0 Å². The van der Waals surface area contributed by atoms with Crippen LogP contribution < -0.4 is 5.32 Å². The predicted molar refractivity (Wildman–Crippen MR) is 84.1 cm³/mol. The maximum Gasteiger partial charge on any atom is 0.00951 e. The molecule has 108 valence electrons. The van der Waals surface area contributed by atoms with Crippen LogP contribution in [-0.2, 0) is 0 Å². The van der Waals surface area contributed by atoms with Crippen molar-refractivity contribution >= 4 is 0 Å². The Morgan fingerprint density at radius 2 is 1.78 bits per heavy atom. The highest BCUT2D eigenvalue weighted by atomic mass is 14.9. The topological polar surface area (TPSA) is 12.0 Å². The molecule has 0 radical (unpaired) electrons. The molecular weight excluding hydrogens is 218 g/mol. The molecule has 0 saturated carbocycles. The third-order valence-electron chi connectivity index (χ3n) is 3.91. The van der Waals surface area contributed by atoms with E-state index in [0.717, 1.165) is 18.5 Å². The second kappa shape index (κ2) is 13.1. The maximum absolute atomic E-state index is 3.79. The third kappa shape index (κ3) is 8.74. The van der Waals surface area contributed by atoms with E-state index >= 15 is 0 Å². The van der Waals surface area contributed by atoms with Gasteiger partial charge in [-0.05, 0) is 38.1 Å². The molecule has 0 aliphatic carbocycles. The van der Waals surface area contributed by atoms with Gasteiger partial charge < -0.3 is 5.32 Å². The zero-order valence-corrected chi connectivity index (χ0v) is 13.0. The molecule has 2 unspecified atom stereocenters. The minimum Gasteiger partial charge on any atom is -0.314 e. The first-order valence-corrected chi connectivity index (χ1v) is 8.14. The molecule has 0 bridgehead atoms. The van der Waals surface area contributed by atoms with Crippen molar-refractivity contribution in [1.29, 1.82) is 0 Å². The summed E-state index contributed by atoms with van der Waals surface area (Å²) in [7, 11) is 0. The van der Waals surface area contributed by atoms with Crippen LogP contribution in [0.5, 0.6) is 0 Å². The van der Waals surface area contributed by atoms with Gasteiger partial charge in [0.25, 0.3) is 0 Å². The standard InChI is InChI=1S/C17H35N/c1-5-9-11-12-13-15-17(18-8-4)16(7-3)14-10-6-2/h5,16-18H,1,6-15H2,2-4H3. The van der Waals surface area contributed by atoms with Crippen molar-refractivity contribution in [2.24, 2.45) is 5.92 Å². The van der Waals surface area contributed by atoms with Crippen LogP contribution in [0.1, 0.15) is 78.6 Å². The number of rotatable bonds is 13. The molecule has 0 aromatic heterocycles. The van der Waals surface area contributed by atoms with Crippen LogP contribution in [0.15, 0.2) is 12.7 Å². The molecular formula is C17H35N. The van der Waals surface area contributed by atoms with Gasteiger partial charge in [-0.15, -0.1) is 6.58 Å². The van der Waals surface area contributed by atoms with Crippen LogP contribution in [0.3, 0.4) is 0 Å². The minimum absolute atomic E-state index is 0.746. The van der Waals surface area contributed by atoms with Crippen molar-refractivity contribution in [1.82, 2.24) is 5.32 Å². The van der Waals surface area contributed by atoms with Crippen molar-refractivity contribution in [3.05, 3.63) is 12.7 Å². The van der Waals surface area contributed by atoms with Crippen molar-refractivity contribution in [3.8, 4) is 0 Å². The Hall–Kier alpha value is -0.300. The molecule has 0 fully saturated rings. The van der Waals surface area contributed by atoms with E-state index in [9.17, 15) is 0 Å². The molecule has 1 N–H and O–H groups in total. The zero-order chi connectivity index (χ0) is 13.6. The van der Waals surface area contributed by atoms with E-state index in [2.05, 4.69) is 32.7 Å². The molecule has 0 aliphatic rings. The van der Waals surface area contributed by atoms with Gasteiger partial charge in [-0.2, -0.15) is 0 Å². The summed E-state index contributed by atoms with van der Waals surface area (Å²) in [6.45, 7) is 11.8. The van der Waals surface area contributed by atoms with Gasteiger partial charge in [-0.25, -0.2) is 0 Å². The molecule has 0 rings (SSSR count). The monoisotopic (exact) mass is 253 g/mol. The lowest BCUT2D eigenvalue weighted by atomic mass is 9.88. The van der Waals surface area contributed by atoms with Crippen molar-refractivity contribution < 1.29 is 0 Å². The van der Waals surface area contributed by atoms with Crippen LogP contribution in [0.2, 0.25) is 0 Å². The summed E-state index contributed by atoms with van der Waals surface area (Å²) in [4.78, 5) is 0. The largest absolute Gasteiger partial charge is 0.314 e. The smallest absolute Gasteiger partial charge is 0.00951 e. The summed E-state index contributed by atoms with van der Waals surface area (Å²) in [6.07, 6.45) is 14.1. The summed E-state index contributed by atoms with van der Waals surface area (Å²) in [6, 6.07) is 0.746. The highest BCUT2D eigenvalue weighted by Crippen LogP contribution is 2.21. The quantitative estimate of drug-likeness (QED) is 0.346. The lowest BCUT2D eigenvalue weighted by molar-refractivity contribution is 0.300. The van der Waals surface area contributed by atoms with Gasteiger partial charge in [0.05, 0.1) is 0 Å². The average molecular weight is 253 g/mol. The normalized spacial score (nSPS) is 14.4. The molecule has 0 aromatic rings. The van der Waals surface area contributed by atoms with Crippen molar-refractivity contribution in [3.63, 3.8) is 0 Å². The van der Waals surface area contributed by atoms with Gasteiger partial charge in [0.1, 0.15) is 0 Å². The Morgan fingerprint density at radius 3 is 2.33 bits per heavy atom. The minimum atomic E-state index is 0.746. The molecule has 1 nitrogen and oxygen atoms in total. The first kappa shape index (κ1) is 17.7. The van der Waals surface area contributed by atoms with Crippen LogP contribution in [0.4, 0.5) is 0 Å². The summed E-state index contributed by atoms with van der Waals surface area (Å²) in [5, 5.41) is 3.71. The van der Waals surface area contributed by atoms with Gasteiger partial charge in [0.15, 0.2) is 0 Å². The molecule has 1 heteroatoms. The molecule has 18 heavy (non-hydrogen) atoms. The Bertz CT molecular complexity index is 176. The van der Waals surface area contributed by atoms with E-state index in [0.29, 0.717) is 0 Å². The van der Waals surface area contributed by atoms with E-state index in [4.69, 9.17) is 0 Å². The van der Waals surface area contributed by atoms with Gasteiger partial charge in [-0.3, -0.25) is 0 Å². The number of nitrogens with one attached hydrogen (secondary N) is 1. The second-order valence-electron chi connectivity index (χ2n) is 5.40. The third-order valence-corrected chi connectivity index (χ3v) is 3.91. The van der Waals surface area contributed by atoms with Crippen molar-refractivity contribution in [2.45, 2.75) is 84.6 Å². The van der Waals surface area contributed by atoms with E-state index in [-0.39, 0.29) is 0 Å². The van der Waals surface area contributed by atoms with Gasteiger partial charge in [0, 0.05) is 6.04 Å². The summed E-state index contributed by atoms with van der Waals surface area (Å²) in [5.41, 5.74) is 0. The van der Waals surface area contributed by atoms with Crippen LogP contribution in [-0.4, -0.2) is 12.6 Å². The second-order valence-corrected chi connectivity index (χ2v) is 5.40. The first-order chi connectivity index (χ1) is 8.79. The fourth-order valence-electron chi connectivity index (χ4n) is 2.75. The van der Waals surface area contributed by atoms with E-state index in [1.54, 1.807) is 0 Å². The first-order valence-electron chi connectivity index (χ1n) is 8.14. The highest BCUT2D eigenvalue weighted by Gasteiger charge is 2.17. The average Bonchev–Trinajstić information content (AvgIpc) is 2.39. The Kier molecular flexibility index (Phi) is 12.9. The van der Waals surface area contributed by atoms with Gasteiger partial charge >= 0.3 is 0 Å². The van der Waals surface area contributed by atoms with Crippen LogP contribution >= 0.6 is 0 Å². The van der Waals surface area contributed by atoms with Crippen LogP contribution in [0.25, 0.3) is 0 Å². The molecule has 0 aliphatic heterocycles. The van der Waals surface area contributed by atoms with E-state index in [1.165, 1.54) is 57.8 Å². The Morgan fingerprint density at radius 1 is 1.00 bits per heavy atom. The molecule has 0 aromatic carbocycles. The number of hydrogen-bond donors (Lipinski definition) is 1. The fraction of sp³-hybridized carbons (Fsp3) is 0.882. The molecule has 0 heterocycles. The van der Waals surface area contributed by atoms with Crippen molar-refractivity contribution in [2.75, 3.05) is 6.54 Å². The molecule has 0 saturated heterocycles. The maximum atomic E-state index is 3.79. The number of hydrogen-bond acceptors (Lipinski definition) is 1. The lowest BCUT2D eigenvalue weighted by Gasteiger charge is -2.27. The number of unbranched alkanes of at least 4 members (excludes halogenated alkanes) is 4. The molecule has 0 amide bonds. The lowest BCUT2D eigenvalue weighted by Crippen LogP contribution is -2.36. The fourth-order valence-corrected chi connectivity index (χ4v) is 2.75. The summed E-state index contributed by atoms with van der Waals surface area (Å²) >= 11 is 0. The number of allylic oxidation sites excluding steroid dienone is 1. The van der Waals surface area contributed by atoms with E-state index in [1.807, 2.05) is 6.08 Å². The predicted octanol–water partition coefficient (Wildman–Crippen LogP) is 5.32. The summed E-state index contributed by atoms with van der Waals surface area (Å²) < 4.78 is 0. The molecule has 0 spiro atoms. The highest BCUT2D eigenvalue weighted by molar-refractivity contribution is 4.76. The van der Waals surface area contributed by atoms with E-state index < -0.39 is 0 Å².